The molecule has 0 aliphatic carbocycles. The SMILES string of the molecule is CN1CCn2c(cc3cc(N4CC(COS(C)(=O)=O)OC4=O)ccc32)C1=O. The van der Waals surface area contributed by atoms with Gasteiger partial charge in [0, 0.05) is 36.7 Å². The highest BCUT2D eigenvalue weighted by molar-refractivity contribution is 7.85. The second kappa shape index (κ2) is 6.24. The average Bonchev–Trinajstić information content (AvgIpc) is 3.16. The van der Waals surface area contributed by atoms with Crippen molar-refractivity contribution >= 4 is 38.7 Å². The van der Waals surface area contributed by atoms with Gasteiger partial charge in [0.2, 0.25) is 0 Å². The number of rotatable bonds is 4. The van der Waals surface area contributed by atoms with Crippen LogP contribution in [0.15, 0.2) is 24.3 Å². The standard InChI is InChI=1S/C17H19N3O6S/c1-18-5-6-19-14-4-3-12(7-11(14)8-15(19)16(18)21)20-9-13(26-17(20)22)10-25-27(2,23)24/h3-4,7-8,13H,5-6,9-10H2,1-2H3. The van der Waals surface area contributed by atoms with Crippen LogP contribution in [0.25, 0.3) is 10.9 Å². The predicted octanol–water partition coefficient (Wildman–Crippen LogP) is 1.03. The van der Waals surface area contributed by atoms with Crippen LogP contribution in [-0.2, 0) is 25.6 Å². The topological polar surface area (TPSA) is 98.2 Å². The third-order valence-electron chi connectivity index (χ3n) is 4.76. The average molecular weight is 393 g/mol. The summed E-state index contributed by atoms with van der Waals surface area (Å²) in [6.45, 7) is 1.34. The molecule has 1 saturated heterocycles. The monoisotopic (exact) mass is 393 g/mol. The molecule has 3 heterocycles. The van der Waals surface area contributed by atoms with Crippen LogP contribution in [-0.4, -0.2) is 69.0 Å². The lowest BCUT2D eigenvalue weighted by molar-refractivity contribution is 0.0751. The van der Waals surface area contributed by atoms with Gasteiger partial charge in [0.05, 0.1) is 12.8 Å². The Bertz CT molecular complexity index is 1040. The summed E-state index contributed by atoms with van der Waals surface area (Å²) >= 11 is 0. The molecule has 1 unspecified atom stereocenters. The van der Waals surface area contributed by atoms with Gasteiger partial charge in [-0.05, 0) is 24.3 Å². The molecule has 1 atom stereocenters. The summed E-state index contributed by atoms with van der Waals surface area (Å²) in [5, 5.41) is 0.856. The minimum absolute atomic E-state index is 0.0300. The molecular weight excluding hydrogens is 374 g/mol. The van der Waals surface area contributed by atoms with E-state index in [4.69, 9.17) is 8.92 Å². The normalized spacial score (nSPS) is 20.3. The van der Waals surface area contributed by atoms with Crippen molar-refractivity contribution in [2.24, 2.45) is 0 Å². The number of ether oxygens (including phenoxy) is 1. The van der Waals surface area contributed by atoms with Gasteiger partial charge in [-0.15, -0.1) is 0 Å². The zero-order valence-corrected chi connectivity index (χ0v) is 15.7. The fourth-order valence-electron chi connectivity index (χ4n) is 3.41. The maximum atomic E-state index is 12.3. The molecule has 2 aliphatic rings. The minimum Gasteiger partial charge on any atom is -0.441 e. The third-order valence-corrected chi connectivity index (χ3v) is 5.33. The van der Waals surface area contributed by atoms with Gasteiger partial charge in [-0.3, -0.25) is 13.9 Å². The molecule has 0 bridgehead atoms. The lowest BCUT2D eigenvalue weighted by Crippen LogP contribution is -2.36. The third kappa shape index (κ3) is 3.26. The van der Waals surface area contributed by atoms with E-state index in [0.717, 1.165) is 23.7 Å². The van der Waals surface area contributed by atoms with Gasteiger partial charge >= 0.3 is 6.09 Å². The van der Waals surface area contributed by atoms with E-state index in [0.29, 0.717) is 17.9 Å². The smallest absolute Gasteiger partial charge is 0.414 e. The van der Waals surface area contributed by atoms with Crippen molar-refractivity contribution in [1.29, 1.82) is 0 Å². The van der Waals surface area contributed by atoms with Crippen molar-refractivity contribution in [3.63, 3.8) is 0 Å². The molecule has 10 heteroatoms. The molecule has 2 aromatic rings. The number of benzene rings is 1. The Hall–Kier alpha value is -2.59. The van der Waals surface area contributed by atoms with E-state index < -0.39 is 22.3 Å². The van der Waals surface area contributed by atoms with E-state index in [9.17, 15) is 18.0 Å². The Balaban J connectivity index is 1.59. The van der Waals surface area contributed by atoms with E-state index in [2.05, 4.69) is 0 Å². The number of fused-ring (bicyclic) bond motifs is 3. The first-order valence-electron chi connectivity index (χ1n) is 8.44. The van der Waals surface area contributed by atoms with Crippen molar-refractivity contribution in [2.45, 2.75) is 12.6 Å². The van der Waals surface area contributed by atoms with Crippen LogP contribution in [0.2, 0.25) is 0 Å². The summed E-state index contributed by atoms with van der Waals surface area (Å²) in [7, 11) is -1.83. The molecular formula is C17H19N3O6S. The number of aromatic nitrogens is 1. The molecule has 0 spiro atoms. The van der Waals surface area contributed by atoms with Crippen LogP contribution >= 0.6 is 0 Å². The van der Waals surface area contributed by atoms with Crippen LogP contribution in [0, 0.1) is 0 Å². The number of hydrogen-bond donors (Lipinski definition) is 0. The molecule has 1 fully saturated rings. The van der Waals surface area contributed by atoms with Crippen LogP contribution in [0.4, 0.5) is 10.5 Å². The molecule has 1 aromatic carbocycles. The Morgan fingerprint density at radius 2 is 2.00 bits per heavy atom. The van der Waals surface area contributed by atoms with E-state index in [1.54, 1.807) is 18.0 Å². The summed E-state index contributed by atoms with van der Waals surface area (Å²) in [6, 6.07) is 7.32. The summed E-state index contributed by atoms with van der Waals surface area (Å²) in [6.07, 6.45) is -0.278. The molecule has 0 saturated carbocycles. The van der Waals surface area contributed by atoms with Gasteiger partial charge in [0.1, 0.15) is 18.4 Å². The summed E-state index contributed by atoms with van der Waals surface area (Å²) in [5.41, 5.74) is 2.18. The number of carbonyl (C=O) groups excluding carboxylic acids is 2. The van der Waals surface area contributed by atoms with Crippen molar-refractivity contribution < 1.29 is 26.9 Å². The highest BCUT2D eigenvalue weighted by atomic mass is 32.2. The maximum Gasteiger partial charge on any atom is 0.414 e. The first-order valence-corrected chi connectivity index (χ1v) is 10.3. The minimum atomic E-state index is -3.60. The van der Waals surface area contributed by atoms with Crippen molar-refractivity contribution in [2.75, 3.05) is 37.9 Å². The second-order valence-electron chi connectivity index (χ2n) is 6.76. The number of cyclic esters (lactones) is 1. The van der Waals surface area contributed by atoms with Gasteiger partial charge in [0.25, 0.3) is 16.0 Å². The molecule has 1 aromatic heterocycles. The highest BCUT2D eigenvalue weighted by Crippen LogP contribution is 2.30. The fraction of sp³-hybridized carbons (Fsp3) is 0.412. The molecule has 2 amide bonds. The number of hydrogen-bond acceptors (Lipinski definition) is 6. The van der Waals surface area contributed by atoms with Gasteiger partial charge in [-0.1, -0.05) is 0 Å². The lowest BCUT2D eigenvalue weighted by Gasteiger charge is -2.24. The van der Waals surface area contributed by atoms with Gasteiger partial charge in [-0.2, -0.15) is 8.42 Å². The summed E-state index contributed by atoms with van der Waals surface area (Å²) in [4.78, 5) is 27.6. The number of amides is 2. The highest BCUT2D eigenvalue weighted by Gasteiger charge is 2.33. The van der Waals surface area contributed by atoms with Crippen molar-refractivity contribution in [1.82, 2.24) is 9.47 Å². The first-order chi connectivity index (χ1) is 12.7. The number of carbonyl (C=O) groups is 2. The molecule has 27 heavy (non-hydrogen) atoms. The Kier molecular flexibility index (Phi) is 4.11. The van der Waals surface area contributed by atoms with Crippen molar-refractivity contribution in [3.8, 4) is 0 Å². The van der Waals surface area contributed by atoms with Gasteiger partial charge < -0.3 is 14.2 Å². The van der Waals surface area contributed by atoms with E-state index in [1.165, 1.54) is 4.90 Å². The van der Waals surface area contributed by atoms with E-state index in [-0.39, 0.29) is 19.1 Å². The predicted molar refractivity (Wildman–Crippen MR) is 97.3 cm³/mol. The van der Waals surface area contributed by atoms with Crippen LogP contribution in [0.5, 0.6) is 0 Å². The van der Waals surface area contributed by atoms with E-state index in [1.807, 2.05) is 22.8 Å². The Labute approximate surface area is 156 Å². The zero-order valence-electron chi connectivity index (χ0n) is 14.9. The van der Waals surface area contributed by atoms with Crippen LogP contribution in [0.3, 0.4) is 0 Å². The zero-order chi connectivity index (χ0) is 19.3. The quantitative estimate of drug-likeness (QED) is 0.720. The largest absolute Gasteiger partial charge is 0.441 e. The van der Waals surface area contributed by atoms with Crippen molar-refractivity contribution in [3.05, 3.63) is 30.0 Å². The second-order valence-corrected chi connectivity index (χ2v) is 8.40. The summed E-state index contributed by atoms with van der Waals surface area (Å²) in [5.74, 6) is -0.0300. The number of nitrogens with zero attached hydrogens (tertiary/aromatic N) is 3. The number of anilines is 1. The van der Waals surface area contributed by atoms with Gasteiger partial charge in [0.15, 0.2) is 0 Å². The van der Waals surface area contributed by atoms with Crippen LogP contribution in [0.1, 0.15) is 10.5 Å². The molecule has 144 valence electrons. The lowest BCUT2D eigenvalue weighted by atomic mass is 10.2. The fourth-order valence-corrected chi connectivity index (χ4v) is 3.81. The van der Waals surface area contributed by atoms with E-state index >= 15 is 0 Å². The Morgan fingerprint density at radius 1 is 1.22 bits per heavy atom. The number of likely N-dealkylation sites (N-methyl/N-ethyl adjacent to an activating group) is 1. The molecule has 0 radical (unpaired) electrons. The first kappa shape index (κ1) is 17.8. The molecule has 0 N–H and O–H groups in total. The summed E-state index contributed by atoms with van der Waals surface area (Å²) < 4.78 is 34.1. The molecule has 4 rings (SSSR count). The Morgan fingerprint density at radius 3 is 2.74 bits per heavy atom. The molecule has 9 nitrogen and oxygen atoms in total. The van der Waals surface area contributed by atoms with Crippen LogP contribution < -0.4 is 4.90 Å². The van der Waals surface area contributed by atoms with Gasteiger partial charge in [-0.25, -0.2) is 4.79 Å². The molecule has 2 aliphatic heterocycles. The maximum absolute atomic E-state index is 12.3.